The summed E-state index contributed by atoms with van der Waals surface area (Å²) in [5, 5.41) is 0.564. The Morgan fingerprint density at radius 1 is 0.943 bits per heavy atom. The Kier molecular flexibility index (Phi) is 6.02. The highest BCUT2D eigenvalue weighted by molar-refractivity contribution is 6.31. The number of ether oxygens (including phenoxy) is 1. The molecule has 1 saturated heterocycles. The van der Waals surface area contributed by atoms with E-state index in [0.29, 0.717) is 34.4 Å². The highest BCUT2D eigenvalue weighted by Crippen LogP contribution is 2.28. The van der Waals surface area contributed by atoms with E-state index in [9.17, 15) is 9.59 Å². The van der Waals surface area contributed by atoms with Crippen LogP contribution in [-0.2, 0) is 20.6 Å². The van der Waals surface area contributed by atoms with Crippen LogP contribution in [-0.4, -0.2) is 52.0 Å². The molecule has 0 amide bonds. The maximum absolute atomic E-state index is 13.3. The molecular weight excluding hydrogens is 468 g/mol. The third-order valence-corrected chi connectivity index (χ3v) is 6.96. The van der Waals surface area contributed by atoms with Gasteiger partial charge in [-0.3, -0.25) is 18.5 Å². The second kappa shape index (κ2) is 9.14. The summed E-state index contributed by atoms with van der Waals surface area (Å²) in [5.41, 5.74) is 1.91. The Bertz CT molecular complexity index is 1500. The molecule has 1 aliphatic rings. The number of nitrogens with zero attached hydrogens (tertiary/aromatic N) is 6. The van der Waals surface area contributed by atoms with Crippen molar-refractivity contribution < 1.29 is 4.74 Å². The van der Waals surface area contributed by atoms with Crippen LogP contribution < -0.4 is 25.8 Å². The van der Waals surface area contributed by atoms with E-state index in [1.165, 1.54) is 17.3 Å². The normalized spacial score (nSPS) is 14.1. The fourth-order valence-electron chi connectivity index (χ4n) is 4.60. The van der Waals surface area contributed by atoms with Gasteiger partial charge in [-0.15, -0.1) is 0 Å². The monoisotopic (exact) mass is 494 g/mol. The topological polar surface area (TPSA) is 77.5 Å². The Morgan fingerprint density at radius 3 is 2.31 bits per heavy atom. The third-order valence-electron chi connectivity index (χ3n) is 6.59. The summed E-state index contributed by atoms with van der Waals surface area (Å²) in [7, 11) is 4.72. The number of imidazole rings is 1. The number of piperazine rings is 1. The molecule has 3 heterocycles. The van der Waals surface area contributed by atoms with Gasteiger partial charge >= 0.3 is 5.69 Å². The SMILES string of the molecule is COc1ccc(Cl)c(Cn2c(N3CCN(c4ccccc4)CC3)nc3c2c(=O)n(C)c(=O)n3C)c1. The molecule has 1 fully saturated rings. The lowest BCUT2D eigenvalue weighted by Crippen LogP contribution is -2.47. The van der Waals surface area contributed by atoms with Gasteiger partial charge in [-0.2, -0.15) is 4.98 Å². The van der Waals surface area contributed by atoms with Crippen LogP contribution >= 0.6 is 11.6 Å². The van der Waals surface area contributed by atoms with Gasteiger partial charge in [0, 0.05) is 51.0 Å². The van der Waals surface area contributed by atoms with E-state index in [1.807, 2.05) is 28.8 Å². The minimum atomic E-state index is -0.410. The lowest BCUT2D eigenvalue weighted by atomic mass is 10.2. The molecule has 1 aliphatic heterocycles. The number of fused-ring (bicyclic) bond motifs is 1. The molecule has 182 valence electrons. The summed E-state index contributed by atoms with van der Waals surface area (Å²) in [4.78, 5) is 35.2. The van der Waals surface area contributed by atoms with Gasteiger partial charge in [0.1, 0.15) is 5.75 Å². The number of benzene rings is 2. The highest BCUT2D eigenvalue weighted by Gasteiger charge is 2.26. The average molecular weight is 495 g/mol. The van der Waals surface area contributed by atoms with E-state index in [-0.39, 0.29) is 5.56 Å². The number of rotatable bonds is 5. The van der Waals surface area contributed by atoms with Crippen LogP contribution in [0, 0.1) is 0 Å². The van der Waals surface area contributed by atoms with E-state index >= 15 is 0 Å². The Balaban J connectivity index is 1.60. The van der Waals surface area contributed by atoms with Gasteiger partial charge in [0.25, 0.3) is 5.56 Å². The average Bonchev–Trinajstić information content (AvgIpc) is 3.27. The maximum atomic E-state index is 13.3. The largest absolute Gasteiger partial charge is 0.497 e. The molecule has 0 radical (unpaired) electrons. The van der Waals surface area contributed by atoms with Crippen molar-refractivity contribution in [3.8, 4) is 5.75 Å². The van der Waals surface area contributed by atoms with Crippen molar-refractivity contribution in [2.24, 2.45) is 14.1 Å². The molecule has 5 rings (SSSR count). The molecule has 10 heteroatoms. The summed E-state index contributed by atoms with van der Waals surface area (Å²) < 4.78 is 9.79. The van der Waals surface area contributed by atoms with Gasteiger partial charge in [0.15, 0.2) is 11.2 Å². The minimum absolute atomic E-state index is 0.314. The van der Waals surface area contributed by atoms with E-state index in [4.69, 9.17) is 21.3 Å². The minimum Gasteiger partial charge on any atom is -0.497 e. The van der Waals surface area contributed by atoms with Crippen LogP contribution in [0.25, 0.3) is 11.2 Å². The molecule has 2 aromatic heterocycles. The molecule has 0 unspecified atom stereocenters. The number of hydrogen-bond acceptors (Lipinski definition) is 6. The molecule has 0 aliphatic carbocycles. The summed E-state index contributed by atoms with van der Waals surface area (Å²) in [6.45, 7) is 3.37. The second-order valence-electron chi connectivity index (χ2n) is 8.64. The van der Waals surface area contributed by atoms with Gasteiger partial charge in [0.2, 0.25) is 5.95 Å². The lowest BCUT2D eigenvalue weighted by molar-refractivity contribution is 0.414. The van der Waals surface area contributed by atoms with E-state index in [0.717, 1.165) is 36.3 Å². The van der Waals surface area contributed by atoms with Crippen molar-refractivity contribution in [1.82, 2.24) is 18.7 Å². The number of methoxy groups -OCH3 is 1. The quantitative estimate of drug-likeness (QED) is 0.424. The van der Waals surface area contributed by atoms with Crippen LogP contribution in [0.1, 0.15) is 5.56 Å². The Labute approximate surface area is 207 Å². The summed E-state index contributed by atoms with van der Waals surface area (Å²) >= 11 is 6.53. The predicted octanol–water partition coefficient (Wildman–Crippen LogP) is 2.47. The molecule has 2 aromatic carbocycles. The third kappa shape index (κ3) is 4.05. The first-order valence-electron chi connectivity index (χ1n) is 11.4. The van der Waals surface area contributed by atoms with Crippen molar-refractivity contribution in [3.05, 3.63) is 80.0 Å². The molecular formula is C25H27ClN6O3. The summed E-state index contributed by atoms with van der Waals surface area (Å²) in [5.74, 6) is 1.32. The molecule has 35 heavy (non-hydrogen) atoms. The first-order chi connectivity index (χ1) is 16.9. The lowest BCUT2D eigenvalue weighted by Gasteiger charge is -2.36. The second-order valence-corrected chi connectivity index (χ2v) is 9.05. The van der Waals surface area contributed by atoms with Crippen LogP contribution in [0.4, 0.5) is 11.6 Å². The van der Waals surface area contributed by atoms with Gasteiger partial charge in [-0.25, -0.2) is 4.79 Å². The molecule has 0 atom stereocenters. The molecule has 9 nitrogen and oxygen atoms in total. The smallest absolute Gasteiger partial charge is 0.332 e. The van der Waals surface area contributed by atoms with Gasteiger partial charge in [-0.1, -0.05) is 29.8 Å². The van der Waals surface area contributed by atoms with Crippen LogP contribution in [0.5, 0.6) is 5.75 Å². The molecule has 0 bridgehead atoms. The number of anilines is 2. The van der Waals surface area contributed by atoms with Crippen LogP contribution in [0.2, 0.25) is 5.02 Å². The zero-order valence-corrected chi connectivity index (χ0v) is 20.7. The number of para-hydroxylation sites is 1. The first-order valence-corrected chi connectivity index (χ1v) is 11.8. The van der Waals surface area contributed by atoms with Gasteiger partial charge in [-0.05, 0) is 35.9 Å². The zero-order valence-electron chi connectivity index (χ0n) is 19.9. The Hall–Kier alpha value is -3.72. The number of aryl methyl sites for hydroxylation is 1. The van der Waals surface area contributed by atoms with E-state index in [1.54, 1.807) is 26.3 Å². The number of halogens is 1. The summed E-state index contributed by atoms with van der Waals surface area (Å²) in [6, 6.07) is 15.7. The fourth-order valence-corrected chi connectivity index (χ4v) is 4.78. The van der Waals surface area contributed by atoms with E-state index in [2.05, 4.69) is 21.9 Å². The standard InChI is InChI=1S/C25H27ClN6O3/c1-28-22-21(23(33)29(2)25(28)34)32(16-17-15-19(35-3)9-10-20(17)26)24(27-22)31-13-11-30(12-14-31)18-7-5-4-6-8-18/h4-10,15H,11-14,16H2,1-3H3. The number of hydrogen-bond donors (Lipinski definition) is 0. The number of aromatic nitrogens is 4. The first kappa shape index (κ1) is 23.0. The van der Waals surface area contributed by atoms with Crippen molar-refractivity contribution in [2.75, 3.05) is 43.1 Å². The van der Waals surface area contributed by atoms with Crippen LogP contribution in [0.15, 0.2) is 58.1 Å². The van der Waals surface area contributed by atoms with Gasteiger partial charge < -0.3 is 14.5 Å². The van der Waals surface area contributed by atoms with E-state index < -0.39 is 5.69 Å². The predicted molar refractivity (Wildman–Crippen MR) is 138 cm³/mol. The molecule has 0 saturated carbocycles. The molecule has 0 N–H and O–H groups in total. The Morgan fingerprint density at radius 2 is 1.63 bits per heavy atom. The molecule has 0 spiro atoms. The molecule has 4 aromatic rings. The highest BCUT2D eigenvalue weighted by atomic mass is 35.5. The zero-order chi connectivity index (χ0) is 24.7. The van der Waals surface area contributed by atoms with Crippen molar-refractivity contribution in [1.29, 1.82) is 0 Å². The summed E-state index contributed by atoms with van der Waals surface area (Å²) in [6.07, 6.45) is 0. The van der Waals surface area contributed by atoms with Crippen molar-refractivity contribution >= 4 is 34.4 Å². The van der Waals surface area contributed by atoms with Crippen molar-refractivity contribution in [3.63, 3.8) is 0 Å². The fraction of sp³-hybridized carbons (Fsp3) is 0.320. The maximum Gasteiger partial charge on any atom is 0.332 e. The van der Waals surface area contributed by atoms with Gasteiger partial charge in [0.05, 0.1) is 13.7 Å². The van der Waals surface area contributed by atoms with Crippen molar-refractivity contribution in [2.45, 2.75) is 6.54 Å². The van der Waals surface area contributed by atoms with Crippen LogP contribution in [0.3, 0.4) is 0 Å².